The summed E-state index contributed by atoms with van der Waals surface area (Å²) in [5.41, 5.74) is 0.971. The van der Waals surface area contributed by atoms with Gasteiger partial charge in [0.25, 0.3) is 0 Å². The van der Waals surface area contributed by atoms with Crippen molar-refractivity contribution in [2.24, 2.45) is 11.8 Å². The Kier molecular flexibility index (Phi) is 4.75. The van der Waals surface area contributed by atoms with Crippen molar-refractivity contribution in [2.45, 2.75) is 25.0 Å². The van der Waals surface area contributed by atoms with Crippen molar-refractivity contribution in [3.05, 3.63) is 28.2 Å². The van der Waals surface area contributed by atoms with E-state index in [1.807, 2.05) is 12.1 Å². The van der Waals surface area contributed by atoms with Gasteiger partial charge in [-0.3, -0.25) is 9.59 Å². The first-order valence-corrected chi connectivity index (χ1v) is 9.58. The van der Waals surface area contributed by atoms with Crippen LogP contribution in [0.3, 0.4) is 0 Å². The molecule has 2 bridgehead atoms. The van der Waals surface area contributed by atoms with Crippen LogP contribution in [-0.4, -0.2) is 60.3 Å². The van der Waals surface area contributed by atoms with Crippen molar-refractivity contribution in [3.63, 3.8) is 0 Å². The first-order valence-electron chi connectivity index (χ1n) is 8.83. The van der Waals surface area contributed by atoms with Crippen molar-refractivity contribution in [2.75, 3.05) is 31.1 Å². The molecular weight excluding hydrogens is 379 g/mol. The number of carbonyl (C=O) groups is 2. The minimum Gasteiger partial charge on any atom is -0.481 e. The molecule has 1 N–H and O–H groups in total. The lowest BCUT2D eigenvalue weighted by Gasteiger charge is -2.38. The molecular formula is C18H20Cl2N2O4. The van der Waals surface area contributed by atoms with Gasteiger partial charge in [0, 0.05) is 31.9 Å². The molecule has 0 radical (unpaired) electrons. The van der Waals surface area contributed by atoms with Crippen LogP contribution in [0.25, 0.3) is 0 Å². The molecule has 1 amide bonds. The molecule has 0 saturated carbocycles. The molecule has 0 aromatic heterocycles. The van der Waals surface area contributed by atoms with E-state index in [0.717, 1.165) is 18.5 Å². The van der Waals surface area contributed by atoms with Gasteiger partial charge >= 0.3 is 5.97 Å². The van der Waals surface area contributed by atoms with Crippen LogP contribution in [0.15, 0.2) is 18.2 Å². The number of aliphatic carboxylic acids is 1. The molecule has 0 spiro atoms. The maximum absolute atomic E-state index is 13.0. The summed E-state index contributed by atoms with van der Waals surface area (Å²) < 4.78 is 5.72. The summed E-state index contributed by atoms with van der Waals surface area (Å²) in [4.78, 5) is 28.5. The van der Waals surface area contributed by atoms with Gasteiger partial charge in [-0.25, -0.2) is 0 Å². The van der Waals surface area contributed by atoms with Gasteiger partial charge in [-0.1, -0.05) is 23.2 Å². The predicted octanol–water partition coefficient (Wildman–Crippen LogP) is 2.52. The molecule has 3 heterocycles. The molecule has 0 unspecified atom stereocenters. The van der Waals surface area contributed by atoms with Crippen LogP contribution in [0.5, 0.6) is 0 Å². The minimum absolute atomic E-state index is 0.0848. The van der Waals surface area contributed by atoms with Gasteiger partial charge in [0.05, 0.1) is 34.1 Å². The highest BCUT2D eigenvalue weighted by Crippen LogP contribution is 2.44. The van der Waals surface area contributed by atoms with E-state index >= 15 is 0 Å². The number of amides is 1. The van der Waals surface area contributed by atoms with Crippen LogP contribution in [0.4, 0.5) is 5.69 Å². The zero-order valence-electron chi connectivity index (χ0n) is 14.1. The second-order valence-electron chi connectivity index (χ2n) is 7.09. The number of hydrogen-bond donors (Lipinski definition) is 1. The number of ether oxygens (including phenoxy) is 1. The van der Waals surface area contributed by atoms with E-state index in [0.29, 0.717) is 36.2 Å². The molecule has 4 rings (SSSR count). The Morgan fingerprint density at radius 1 is 1.00 bits per heavy atom. The number of hydrogen-bond acceptors (Lipinski definition) is 4. The third kappa shape index (κ3) is 3.04. The maximum Gasteiger partial charge on any atom is 0.310 e. The van der Waals surface area contributed by atoms with Crippen LogP contribution in [0, 0.1) is 11.8 Å². The SMILES string of the molecule is O=C(O)[C@H]1[C@@H](C(=O)N2CCN(c3ccc(Cl)c(Cl)c3)CC2)[C@H]2CC[C@H]1O2. The Labute approximate surface area is 161 Å². The molecule has 4 atom stereocenters. The van der Waals surface area contributed by atoms with E-state index in [1.165, 1.54) is 0 Å². The van der Waals surface area contributed by atoms with E-state index in [1.54, 1.807) is 11.0 Å². The van der Waals surface area contributed by atoms with Crippen molar-refractivity contribution < 1.29 is 19.4 Å². The molecule has 3 aliphatic rings. The first-order chi connectivity index (χ1) is 12.5. The van der Waals surface area contributed by atoms with E-state index < -0.39 is 17.8 Å². The number of nitrogens with zero attached hydrogens (tertiary/aromatic N) is 2. The molecule has 0 aliphatic carbocycles. The van der Waals surface area contributed by atoms with E-state index in [4.69, 9.17) is 27.9 Å². The summed E-state index contributed by atoms with van der Waals surface area (Å²) in [5.74, 6) is -2.28. The standard InChI is InChI=1S/C18H20Cl2N2O4/c19-11-2-1-10(9-12(11)20)21-5-7-22(8-6-21)17(23)15-13-3-4-14(26-13)16(15)18(24)25/h1-2,9,13-16H,3-8H2,(H,24,25)/t13-,14-,15+,16-/m1/s1. The number of carbonyl (C=O) groups excluding carboxylic acids is 1. The summed E-state index contributed by atoms with van der Waals surface area (Å²) in [7, 11) is 0. The average Bonchev–Trinajstić information content (AvgIpc) is 3.25. The summed E-state index contributed by atoms with van der Waals surface area (Å²) in [5, 5.41) is 10.5. The second-order valence-corrected chi connectivity index (χ2v) is 7.91. The number of carboxylic acid groups (broad SMARTS) is 1. The van der Waals surface area contributed by atoms with Gasteiger partial charge in [0.15, 0.2) is 0 Å². The number of carboxylic acids is 1. The van der Waals surface area contributed by atoms with Gasteiger partial charge in [-0.2, -0.15) is 0 Å². The van der Waals surface area contributed by atoms with Crippen LogP contribution in [0.1, 0.15) is 12.8 Å². The van der Waals surface area contributed by atoms with Gasteiger partial charge in [-0.05, 0) is 31.0 Å². The highest BCUT2D eigenvalue weighted by molar-refractivity contribution is 6.42. The average molecular weight is 399 g/mol. The normalized spacial score (nSPS) is 30.7. The number of halogens is 2. The lowest BCUT2D eigenvalue weighted by Crippen LogP contribution is -2.53. The largest absolute Gasteiger partial charge is 0.481 e. The highest BCUT2D eigenvalue weighted by Gasteiger charge is 2.56. The summed E-state index contributed by atoms with van der Waals surface area (Å²) in [6.07, 6.45) is 0.940. The molecule has 3 fully saturated rings. The van der Waals surface area contributed by atoms with Crippen LogP contribution in [0.2, 0.25) is 10.0 Å². The summed E-state index contributed by atoms with van der Waals surface area (Å²) >= 11 is 12.1. The summed E-state index contributed by atoms with van der Waals surface area (Å²) in [6, 6.07) is 5.50. The van der Waals surface area contributed by atoms with Crippen molar-refractivity contribution in [3.8, 4) is 0 Å². The Balaban J connectivity index is 1.42. The lowest BCUT2D eigenvalue weighted by atomic mass is 9.78. The fraction of sp³-hybridized carbons (Fsp3) is 0.556. The quantitative estimate of drug-likeness (QED) is 0.846. The third-order valence-electron chi connectivity index (χ3n) is 5.70. The fourth-order valence-corrected chi connectivity index (χ4v) is 4.68. The molecule has 8 heteroatoms. The fourth-order valence-electron chi connectivity index (χ4n) is 4.38. The maximum atomic E-state index is 13.0. The van der Waals surface area contributed by atoms with E-state index in [-0.39, 0.29) is 18.1 Å². The van der Waals surface area contributed by atoms with Gasteiger partial charge in [-0.15, -0.1) is 0 Å². The van der Waals surface area contributed by atoms with Crippen molar-refractivity contribution in [1.29, 1.82) is 0 Å². The number of rotatable bonds is 3. The second kappa shape index (κ2) is 6.91. The number of piperazine rings is 1. The molecule has 140 valence electrons. The highest BCUT2D eigenvalue weighted by atomic mass is 35.5. The number of fused-ring (bicyclic) bond motifs is 2. The molecule has 3 saturated heterocycles. The Hall–Kier alpha value is -1.50. The number of benzene rings is 1. The van der Waals surface area contributed by atoms with Crippen LogP contribution in [-0.2, 0) is 14.3 Å². The first kappa shape index (κ1) is 17.9. The Morgan fingerprint density at radius 2 is 1.65 bits per heavy atom. The predicted molar refractivity (Wildman–Crippen MR) is 97.8 cm³/mol. The smallest absolute Gasteiger partial charge is 0.310 e. The molecule has 3 aliphatic heterocycles. The Morgan fingerprint density at radius 3 is 2.27 bits per heavy atom. The van der Waals surface area contributed by atoms with Gasteiger partial charge in [0.1, 0.15) is 0 Å². The van der Waals surface area contributed by atoms with E-state index in [9.17, 15) is 14.7 Å². The van der Waals surface area contributed by atoms with E-state index in [2.05, 4.69) is 4.90 Å². The monoisotopic (exact) mass is 398 g/mol. The van der Waals surface area contributed by atoms with Crippen molar-refractivity contribution >= 4 is 40.8 Å². The lowest BCUT2D eigenvalue weighted by molar-refractivity contribution is -0.151. The van der Waals surface area contributed by atoms with Crippen LogP contribution >= 0.6 is 23.2 Å². The number of anilines is 1. The topological polar surface area (TPSA) is 70.1 Å². The van der Waals surface area contributed by atoms with Gasteiger partial charge < -0.3 is 19.6 Å². The zero-order valence-corrected chi connectivity index (χ0v) is 15.6. The molecule has 26 heavy (non-hydrogen) atoms. The zero-order chi connectivity index (χ0) is 18.4. The van der Waals surface area contributed by atoms with Crippen molar-refractivity contribution in [1.82, 2.24) is 4.90 Å². The summed E-state index contributed by atoms with van der Waals surface area (Å²) in [6.45, 7) is 2.45. The molecule has 6 nitrogen and oxygen atoms in total. The third-order valence-corrected chi connectivity index (χ3v) is 6.44. The molecule has 1 aromatic rings. The molecule has 1 aromatic carbocycles. The van der Waals surface area contributed by atoms with Crippen LogP contribution < -0.4 is 4.90 Å². The Bertz CT molecular complexity index is 736. The minimum atomic E-state index is -0.926. The van der Waals surface area contributed by atoms with Gasteiger partial charge in [0.2, 0.25) is 5.91 Å².